The molecule has 0 radical (unpaired) electrons. The molecule has 0 amide bonds. The number of ether oxygens (including phenoxy) is 1. The van der Waals surface area contributed by atoms with E-state index < -0.39 is 0 Å². The predicted octanol–water partition coefficient (Wildman–Crippen LogP) is 3.62. The molecule has 1 aromatic heterocycles. The van der Waals surface area contributed by atoms with Crippen LogP contribution in [0.25, 0.3) is 0 Å². The van der Waals surface area contributed by atoms with Crippen LogP contribution in [0.5, 0.6) is 0 Å². The first-order valence-corrected chi connectivity index (χ1v) is 8.09. The third kappa shape index (κ3) is 4.26. The molecule has 19 heavy (non-hydrogen) atoms. The van der Waals surface area contributed by atoms with Crippen molar-refractivity contribution >= 4 is 11.3 Å². The molecule has 0 bridgehead atoms. The number of thiazole rings is 1. The van der Waals surface area contributed by atoms with E-state index in [9.17, 15) is 0 Å². The third-order valence-corrected chi connectivity index (χ3v) is 4.61. The summed E-state index contributed by atoms with van der Waals surface area (Å²) in [4.78, 5) is 4.64. The molecular formula is C15H26N2OS. The van der Waals surface area contributed by atoms with E-state index >= 15 is 0 Å². The van der Waals surface area contributed by atoms with Gasteiger partial charge in [0.2, 0.25) is 0 Å². The minimum atomic E-state index is -0.0949. The van der Waals surface area contributed by atoms with Crippen molar-refractivity contribution in [2.45, 2.75) is 70.4 Å². The van der Waals surface area contributed by atoms with Gasteiger partial charge >= 0.3 is 0 Å². The van der Waals surface area contributed by atoms with Crippen LogP contribution in [-0.4, -0.2) is 17.1 Å². The summed E-state index contributed by atoms with van der Waals surface area (Å²) in [6.45, 7) is 7.81. The van der Waals surface area contributed by atoms with Gasteiger partial charge in [0.15, 0.2) is 0 Å². The highest BCUT2D eigenvalue weighted by molar-refractivity contribution is 7.09. The maximum Gasteiger partial charge on any atom is 0.119 e. The molecule has 2 N–H and O–H groups in total. The third-order valence-electron chi connectivity index (χ3n) is 3.78. The van der Waals surface area contributed by atoms with E-state index in [1.807, 2.05) is 0 Å². The number of hydrogen-bond donors (Lipinski definition) is 1. The first kappa shape index (κ1) is 14.9. The Hall–Kier alpha value is -0.450. The summed E-state index contributed by atoms with van der Waals surface area (Å²) in [6, 6.07) is 0. The van der Waals surface area contributed by atoms with Crippen LogP contribution in [0, 0.1) is 0 Å². The van der Waals surface area contributed by atoms with Crippen molar-refractivity contribution < 1.29 is 4.74 Å². The number of rotatable bonds is 4. The van der Waals surface area contributed by atoms with Gasteiger partial charge in [0.05, 0.1) is 18.9 Å². The summed E-state index contributed by atoms with van der Waals surface area (Å²) in [5.41, 5.74) is 7.53. The zero-order chi connectivity index (χ0) is 13.9. The molecule has 0 unspecified atom stereocenters. The highest BCUT2D eigenvalue weighted by Gasteiger charge is 2.27. The van der Waals surface area contributed by atoms with E-state index in [2.05, 4.69) is 31.1 Å². The minimum Gasteiger partial charge on any atom is -0.372 e. The van der Waals surface area contributed by atoms with Crippen molar-refractivity contribution in [1.82, 2.24) is 4.98 Å². The summed E-state index contributed by atoms with van der Waals surface area (Å²) in [7, 11) is 0. The summed E-state index contributed by atoms with van der Waals surface area (Å²) in [5.74, 6) is 0. The Labute approximate surface area is 120 Å². The van der Waals surface area contributed by atoms with Crippen LogP contribution in [0.15, 0.2) is 5.38 Å². The van der Waals surface area contributed by atoms with E-state index in [1.54, 1.807) is 11.3 Å². The SMILES string of the molecule is CC(C)(C)c1csc(COCC2(N)CCCCC2)n1. The van der Waals surface area contributed by atoms with Gasteiger partial charge in [-0.05, 0) is 12.8 Å². The lowest BCUT2D eigenvalue weighted by atomic mass is 9.83. The van der Waals surface area contributed by atoms with Gasteiger partial charge in [-0.3, -0.25) is 0 Å². The topological polar surface area (TPSA) is 48.1 Å². The van der Waals surface area contributed by atoms with E-state index in [4.69, 9.17) is 10.5 Å². The molecule has 1 aromatic rings. The lowest BCUT2D eigenvalue weighted by Crippen LogP contribution is -2.46. The Morgan fingerprint density at radius 2 is 2.00 bits per heavy atom. The second kappa shape index (κ2) is 5.90. The van der Waals surface area contributed by atoms with E-state index in [0.29, 0.717) is 13.2 Å². The Bertz CT molecular complexity index is 403. The fraction of sp³-hybridized carbons (Fsp3) is 0.800. The van der Waals surface area contributed by atoms with Gasteiger partial charge in [-0.2, -0.15) is 0 Å². The molecule has 1 fully saturated rings. The molecule has 2 rings (SSSR count). The average Bonchev–Trinajstić information content (AvgIpc) is 2.78. The van der Waals surface area contributed by atoms with E-state index in [0.717, 1.165) is 23.5 Å². The standard InChI is InChI=1S/C15H26N2OS/c1-14(2,3)12-10-19-13(17-12)9-18-11-15(16)7-5-4-6-8-15/h10H,4-9,11,16H2,1-3H3. The largest absolute Gasteiger partial charge is 0.372 e. The highest BCUT2D eigenvalue weighted by Crippen LogP contribution is 2.27. The predicted molar refractivity (Wildman–Crippen MR) is 80.5 cm³/mol. The molecule has 0 saturated heterocycles. The quantitative estimate of drug-likeness (QED) is 0.917. The van der Waals surface area contributed by atoms with Crippen molar-refractivity contribution in [3.63, 3.8) is 0 Å². The molecule has 1 saturated carbocycles. The zero-order valence-corrected chi connectivity index (χ0v) is 13.2. The summed E-state index contributed by atoms with van der Waals surface area (Å²) >= 11 is 1.69. The summed E-state index contributed by atoms with van der Waals surface area (Å²) in [6.07, 6.45) is 5.99. The number of aromatic nitrogens is 1. The molecule has 0 aromatic carbocycles. The van der Waals surface area contributed by atoms with Gasteiger partial charge in [-0.15, -0.1) is 11.3 Å². The molecule has 3 nitrogen and oxygen atoms in total. The molecule has 1 aliphatic carbocycles. The first-order valence-electron chi connectivity index (χ1n) is 7.21. The molecule has 108 valence electrons. The second-order valence-corrected chi connectivity index (χ2v) is 7.73. The number of nitrogens with two attached hydrogens (primary N) is 1. The molecule has 1 aliphatic rings. The van der Waals surface area contributed by atoms with Crippen LogP contribution in [-0.2, 0) is 16.8 Å². The Morgan fingerprint density at radius 3 is 2.58 bits per heavy atom. The van der Waals surface area contributed by atoms with Crippen LogP contribution in [0.1, 0.15) is 63.6 Å². The molecular weight excluding hydrogens is 256 g/mol. The lowest BCUT2D eigenvalue weighted by Gasteiger charge is -2.32. The molecule has 4 heteroatoms. The van der Waals surface area contributed by atoms with Gasteiger partial charge in [0.25, 0.3) is 0 Å². The van der Waals surface area contributed by atoms with Crippen molar-refractivity contribution in [2.75, 3.05) is 6.61 Å². The van der Waals surface area contributed by atoms with Crippen molar-refractivity contribution in [1.29, 1.82) is 0 Å². The molecule has 1 heterocycles. The van der Waals surface area contributed by atoms with Crippen molar-refractivity contribution in [2.24, 2.45) is 5.73 Å². The maximum absolute atomic E-state index is 6.36. The molecule has 0 aliphatic heterocycles. The normalized spacial score (nSPS) is 19.6. The highest BCUT2D eigenvalue weighted by atomic mass is 32.1. The number of hydrogen-bond acceptors (Lipinski definition) is 4. The smallest absolute Gasteiger partial charge is 0.119 e. The fourth-order valence-electron chi connectivity index (χ4n) is 2.46. The average molecular weight is 282 g/mol. The maximum atomic E-state index is 6.36. The monoisotopic (exact) mass is 282 g/mol. The van der Waals surface area contributed by atoms with Gasteiger partial charge in [0, 0.05) is 16.3 Å². The Morgan fingerprint density at radius 1 is 1.32 bits per heavy atom. The van der Waals surface area contributed by atoms with E-state index in [1.165, 1.54) is 19.3 Å². The van der Waals surface area contributed by atoms with Crippen LogP contribution in [0.2, 0.25) is 0 Å². The summed E-state index contributed by atoms with van der Waals surface area (Å²) in [5, 5.41) is 3.20. The van der Waals surface area contributed by atoms with Crippen LogP contribution in [0.3, 0.4) is 0 Å². The van der Waals surface area contributed by atoms with Crippen molar-refractivity contribution in [3.8, 4) is 0 Å². The van der Waals surface area contributed by atoms with Gasteiger partial charge in [-0.25, -0.2) is 4.98 Å². The fourth-order valence-corrected chi connectivity index (χ4v) is 3.42. The van der Waals surface area contributed by atoms with Crippen LogP contribution < -0.4 is 5.73 Å². The van der Waals surface area contributed by atoms with Crippen LogP contribution >= 0.6 is 11.3 Å². The van der Waals surface area contributed by atoms with Gasteiger partial charge in [-0.1, -0.05) is 40.0 Å². The van der Waals surface area contributed by atoms with Gasteiger partial charge < -0.3 is 10.5 Å². The first-order chi connectivity index (χ1) is 8.89. The van der Waals surface area contributed by atoms with E-state index in [-0.39, 0.29) is 11.0 Å². The van der Waals surface area contributed by atoms with Crippen molar-refractivity contribution in [3.05, 3.63) is 16.1 Å². The minimum absolute atomic E-state index is 0.0949. The molecule has 0 atom stereocenters. The number of nitrogens with zero attached hydrogens (tertiary/aromatic N) is 1. The zero-order valence-electron chi connectivity index (χ0n) is 12.4. The Kier molecular flexibility index (Phi) is 4.64. The Balaban J connectivity index is 1.81. The molecule has 0 spiro atoms. The summed E-state index contributed by atoms with van der Waals surface area (Å²) < 4.78 is 5.81. The second-order valence-electron chi connectivity index (χ2n) is 6.79. The van der Waals surface area contributed by atoms with Gasteiger partial charge in [0.1, 0.15) is 5.01 Å². The van der Waals surface area contributed by atoms with Crippen LogP contribution in [0.4, 0.5) is 0 Å². The lowest BCUT2D eigenvalue weighted by molar-refractivity contribution is 0.0572.